The maximum atomic E-state index is 12.7. The van der Waals surface area contributed by atoms with Crippen molar-refractivity contribution >= 4 is 37.3 Å². The van der Waals surface area contributed by atoms with Gasteiger partial charge >= 0.3 is 0 Å². The van der Waals surface area contributed by atoms with Gasteiger partial charge in [0.05, 0.1) is 3.79 Å². The molecule has 1 aromatic heterocycles. The molecule has 2 rings (SSSR count). The molecule has 0 amide bonds. The summed E-state index contributed by atoms with van der Waals surface area (Å²) in [6, 6.07) is 2.17. The van der Waals surface area contributed by atoms with Crippen LogP contribution < -0.4 is 5.32 Å². The van der Waals surface area contributed by atoms with Crippen LogP contribution in [0.4, 0.5) is 0 Å². The van der Waals surface area contributed by atoms with Gasteiger partial charge < -0.3 is 10.2 Å². The van der Waals surface area contributed by atoms with Gasteiger partial charge in [-0.15, -0.1) is 11.3 Å². The van der Waals surface area contributed by atoms with Crippen LogP contribution in [0.3, 0.4) is 0 Å². The third-order valence-corrected chi connectivity index (χ3v) is 7.62. The summed E-state index contributed by atoms with van der Waals surface area (Å²) in [7, 11) is -1.38. The molecule has 21 heavy (non-hydrogen) atoms. The van der Waals surface area contributed by atoms with Crippen LogP contribution in [0.1, 0.15) is 18.7 Å². The van der Waals surface area contributed by atoms with Gasteiger partial charge in [-0.2, -0.15) is 4.31 Å². The van der Waals surface area contributed by atoms with E-state index in [1.807, 2.05) is 7.05 Å². The third kappa shape index (κ3) is 4.27. The normalized spacial score (nSPS) is 18.5. The molecule has 8 heteroatoms. The Bertz CT molecular complexity index is 578. The highest BCUT2D eigenvalue weighted by Gasteiger charge is 2.30. The van der Waals surface area contributed by atoms with E-state index in [0.29, 0.717) is 34.4 Å². The second-order valence-electron chi connectivity index (χ2n) is 5.59. The smallest absolute Gasteiger partial charge is 0.245 e. The number of hydrogen-bond acceptors (Lipinski definition) is 5. The SMILES string of the molecule is CC(C)NCc1cc(S(=O)(=O)N2CCN(C)CC2)c(Br)s1. The molecule has 1 aliphatic heterocycles. The fourth-order valence-corrected chi connectivity index (χ4v) is 6.14. The van der Waals surface area contributed by atoms with Crippen molar-refractivity contribution in [3.05, 3.63) is 14.7 Å². The van der Waals surface area contributed by atoms with Crippen LogP contribution in [-0.4, -0.2) is 56.9 Å². The first-order valence-corrected chi connectivity index (χ1v) is 10.1. The molecule has 0 spiro atoms. The zero-order chi connectivity index (χ0) is 15.6. The van der Waals surface area contributed by atoms with Crippen molar-refractivity contribution in [2.75, 3.05) is 33.2 Å². The van der Waals surface area contributed by atoms with Crippen molar-refractivity contribution in [2.24, 2.45) is 0 Å². The molecule has 5 nitrogen and oxygen atoms in total. The van der Waals surface area contributed by atoms with Crippen molar-refractivity contribution in [1.29, 1.82) is 0 Å². The lowest BCUT2D eigenvalue weighted by molar-refractivity contribution is 0.222. The molecule has 1 aromatic rings. The predicted molar refractivity (Wildman–Crippen MR) is 90.3 cm³/mol. The first kappa shape index (κ1) is 17.4. The van der Waals surface area contributed by atoms with Crippen molar-refractivity contribution < 1.29 is 8.42 Å². The first-order chi connectivity index (χ1) is 9.80. The monoisotopic (exact) mass is 395 g/mol. The van der Waals surface area contributed by atoms with Crippen molar-refractivity contribution in [1.82, 2.24) is 14.5 Å². The molecule has 0 unspecified atom stereocenters. The Balaban J connectivity index is 2.16. The van der Waals surface area contributed by atoms with Gasteiger partial charge in [-0.3, -0.25) is 0 Å². The fraction of sp³-hybridized carbons (Fsp3) is 0.692. The zero-order valence-electron chi connectivity index (χ0n) is 12.6. The highest BCUT2D eigenvalue weighted by molar-refractivity contribution is 9.11. The minimum atomic E-state index is -3.39. The number of likely N-dealkylation sites (N-methyl/N-ethyl adjacent to an activating group) is 1. The molecule has 0 aliphatic carbocycles. The van der Waals surface area contributed by atoms with Crippen LogP contribution in [0.25, 0.3) is 0 Å². The van der Waals surface area contributed by atoms with Gasteiger partial charge in [0.25, 0.3) is 0 Å². The summed E-state index contributed by atoms with van der Waals surface area (Å²) in [6.45, 7) is 7.52. The van der Waals surface area contributed by atoms with Gasteiger partial charge in [-0.25, -0.2) is 8.42 Å². The van der Waals surface area contributed by atoms with E-state index in [2.05, 4.69) is 40.0 Å². The molecule has 0 atom stereocenters. The molecule has 2 heterocycles. The Kier molecular flexibility index (Phi) is 5.84. The standard InChI is InChI=1S/C13H22BrN3O2S2/c1-10(2)15-9-11-8-12(13(14)20-11)21(18,19)17-6-4-16(3)5-7-17/h8,10,15H,4-7,9H2,1-3H3. The topological polar surface area (TPSA) is 52.7 Å². The van der Waals surface area contributed by atoms with Gasteiger partial charge in [-0.05, 0) is 29.0 Å². The van der Waals surface area contributed by atoms with E-state index in [0.717, 1.165) is 18.0 Å². The second-order valence-corrected chi connectivity index (χ2v) is 9.95. The molecule has 1 N–H and O–H groups in total. The first-order valence-electron chi connectivity index (χ1n) is 7.01. The molecular weight excluding hydrogens is 374 g/mol. The van der Waals surface area contributed by atoms with E-state index >= 15 is 0 Å². The number of piperazine rings is 1. The maximum absolute atomic E-state index is 12.7. The van der Waals surface area contributed by atoms with Crippen LogP contribution in [0.15, 0.2) is 14.7 Å². The van der Waals surface area contributed by atoms with E-state index in [9.17, 15) is 8.42 Å². The van der Waals surface area contributed by atoms with E-state index in [1.54, 1.807) is 10.4 Å². The average Bonchev–Trinajstić information content (AvgIpc) is 2.79. The minimum Gasteiger partial charge on any atom is -0.310 e. The lowest BCUT2D eigenvalue weighted by atomic mass is 10.4. The number of halogens is 1. The summed E-state index contributed by atoms with van der Waals surface area (Å²) < 4.78 is 27.7. The summed E-state index contributed by atoms with van der Waals surface area (Å²) in [5, 5.41) is 3.31. The highest BCUT2D eigenvalue weighted by Crippen LogP contribution is 2.33. The Labute approximate surface area is 139 Å². The predicted octanol–water partition coefficient (Wildman–Crippen LogP) is 1.94. The molecular formula is C13H22BrN3O2S2. The van der Waals surface area contributed by atoms with Crippen molar-refractivity contribution in [3.8, 4) is 0 Å². The lowest BCUT2D eigenvalue weighted by Crippen LogP contribution is -2.47. The summed E-state index contributed by atoms with van der Waals surface area (Å²) in [4.78, 5) is 3.58. The molecule has 1 saturated heterocycles. The van der Waals surface area contributed by atoms with Crippen LogP contribution in [0.5, 0.6) is 0 Å². The Morgan fingerprint density at radius 3 is 2.52 bits per heavy atom. The van der Waals surface area contributed by atoms with E-state index in [-0.39, 0.29) is 0 Å². The van der Waals surface area contributed by atoms with E-state index < -0.39 is 10.0 Å². The minimum absolute atomic E-state index is 0.378. The average molecular weight is 396 g/mol. The molecule has 0 radical (unpaired) electrons. The van der Waals surface area contributed by atoms with Gasteiger partial charge in [0, 0.05) is 43.6 Å². The maximum Gasteiger partial charge on any atom is 0.245 e. The molecule has 1 aliphatic rings. The van der Waals surface area contributed by atoms with Gasteiger partial charge in [0.1, 0.15) is 4.90 Å². The summed E-state index contributed by atoms with van der Waals surface area (Å²) in [5.41, 5.74) is 0. The summed E-state index contributed by atoms with van der Waals surface area (Å²) in [6.07, 6.45) is 0. The molecule has 0 bridgehead atoms. The number of rotatable bonds is 5. The summed E-state index contributed by atoms with van der Waals surface area (Å²) in [5.74, 6) is 0. The molecule has 1 fully saturated rings. The van der Waals surface area contributed by atoms with Gasteiger partial charge in [0.2, 0.25) is 10.0 Å². The number of hydrogen-bond donors (Lipinski definition) is 1. The third-order valence-electron chi connectivity index (χ3n) is 3.47. The Morgan fingerprint density at radius 2 is 1.95 bits per heavy atom. The van der Waals surface area contributed by atoms with Crippen molar-refractivity contribution in [3.63, 3.8) is 0 Å². The fourth-order valence-electron chi connectivity index (χ4n) is 2.13. The van der Waals surface area contributed by atoms with E-state index in [1.165, 1.54) is 11.3 Å². The lowest BCUT2D eigenvalue weighted by Gasteiger charge is -2.31. The van der Waals surface area contributed by atoms with Crippen LogP contribution in [0.2, 0.25) is 0 Å². The molecule has 120 valence electrons. The second kappa shape index (κ2) is 7.06. The van der Waals surface area contributed by atoms with Crippen LogP contribution in [0, 0.1) is 0 Å². The Morgan fingerprint density at radius 1 is 1.33 bits per heavy atom. The quantitative estimate of drug-likeness (QED) is 0.827. The number of sulfonamides is 1. The largest absolute Gasteiger partial charge is 0.310 e. The van der Waals surface area contributed by atoms with Crippen LogP contribution >= 0.6 is 27.3 Å². The number of thiophene rings is 1. The Hall–Kier alpha value is 0.01000. The van der Waals surface area contributed by atoms with Gasteiger partial charge in [-0.1, -0.05) is 13.8 Å². The van der Waals surface area contributed by atoms with E-state index in [4.69, 9.17) is 0 Å². The highest BCUT2D eigenvalue weighted by atomic mass is 79.9. The molecule has 0 aromatic carbocycles. The number of nitrogens with zero attached hydrogens (tertiary/aromatic N) is 2. The molecule has 0 saturated carbocycles. The summed E-state index contributed by atoms with van der Waals surface area (Å²) >= 11 is 4.90. The number of nitrogens with one attached hydrogen (secondary N) is 1. The van der Waals surface area contributed by atoms with Gasteiger partial charge in [0.15, 0.2) is 0 Å². The van der Waals surface area contributed by atoms with Crippen molar-refractivity contribution in [2.45, 2.75) is 31.3 Å². The van der Waals surface area contributed by atoms with Crippen LogP contribution in [-0.2, 0) is 16.6 Å². The zero-order valence-corrected chi connectivity index (χ0v) is 15.8.